The van der Waals surface area contributed by atoms with Crippen molar-refractivity contribution in [3.05, 3.63) is 97.3 Å². The molecule has 71 heavy (non-hydrogen) atoms. The number of esters is 1. The maximum Gasteiger partial charge on any atom is 0.344 e. The molecular weight excluding hydrogens is 989 g/mol. The van der Waals surface area contributed by atoms with Crippen LogP contribution in [0.4, 0.5) is 21.5 Å². The average Bonchev–Trinajstić information content (AvgIpc) is 3.58. The van der Waals surface area contributed by atoms with E-state index in [0.717, 1.165) is 90.8 Å². The summed E-state index contributed by atoms with van der Waals surface area (Å²) in [5.41, 5.74) is 2.72. The summed E-state index contributed by atoms with van der Waals surface area (Å²) in [5.74, 6) is -6.13. The molecule has 0 N–H and O–H groups in total. The summed E-state index contributed by atoms with van der Waals surface area (Å²) in [6.45, 7) is 8.49. The highest BCUT2D eigenvalue weighted by Gasteiger charge is 2.42. The number of carbonyl (C=O) groups excluding carboxylic acids is 7. The van der Waals surface area contributed by atoms with Crippen molar-refractivity contribution < 1.29 is 65.5 Å². The van der Waals surface area contributed by atoms with Crippen LogP contribution in [-0.4, -0.2) is 99.5 Å². The number of rotatable bonds is 18. The number of anilines is 2. The largest absolute Gasteiger partial charge is 0.480 e. The zero-order chi connectivity index (χ0) is 52.7. The first-order valence-electron chi connectivity index (χ1n) is 23.0. The molecule has 1 fully saturated rings. The van der Waals surface area contributed by atoms with Crippen molar-refractivity contribution in [3.8, 4) is 5.75 Å². The molecule has 2 aliphatic carbocycles. The molecule has 3 amide bonds. The third-order valence-corrected chi connectivity index (χ3v) is 13.4. The molecule has 0 saturated heterocycles. The summed E-state index contributed by atoms with van der Waals surface area (Å²) < 4.78 is 53.1. The Labute approximate surface area is 422 Å². The van der Waals surface area contributed by atoms with Gasteiger partial charge < -0.3 is 19.1 Å². The van der Waals surface area contributed by atoms with Crippen LogP contribution < -0.4 is 14.5 Å². The summed E-state index contributed by atoms with van der Waals surface area (Å²) in [7, 11) is -2.06. The van der Waals surface area contributed by atoms with E-state index in [9.17, 15) is 56.5 Å². The fourth-order valence-corrected chi connectivity index (χ4v) is 9.22. The summed E-state index contributed by atoms with van der Waals surface area (Å²) >= 11 is 11.8. The summed E-state index contributed by atoms with van der Waals surface area (Å²) in [6, 6.07) is 11.0. The quantitative estimate of drug-likeness (QED) is 0.0170. The van der Waals surface area contributed by atoms with Gasteiger partial charge in [-0.15, -0.1) is 11.6 Å². The molecule has 1 heterocycles. The minimum absolute atomic E-state index is 0.000883. The predicted molar refractivity (Wildman–Crippen MR) is 263 cm³/mol. The summed E-state index contributed by atoms with van der Waals surface area (Å²) in [6.07, 6.45) is 7.65. The number of nitro groups is 1. The van der Waals surface area contributed by atoms with E-state index >= 15 is 0 Å². The van der Waals surface area contributed by atoms with E-state index in [1.54, 1.807) is 12.0 Å². The Morgan fingerprint density at radius 3 is 2.13 bits per heavy atom. The number of ether oxygens (including phenoxy) is 3. The number of unbranched alkanes of at least 4 members (excludes halogenated alkanes) is 2. The number of Topliss-reactive ketones (excluding diaryl/α,β-unsaturated/α-hetero) is 3. The molecule has 3 aromatic carbocycles. The van der Waals surface area contributed by atoms with Gasteiger partial charge in [-0.1, -0.05) is 56.5 Å². The number of halogens is 3. The number of nitro benzene ring substituents is 1. The van der Waals surface area contributed by atoms with Gasteiger partial charge in [-0.2, -0.15) is 0 Å². The van der Waals surface area contributed by atoms with Gasteiger partial charge in [0.1, 0.15) is 23.4 Å². The van der Waals surface area contributed by atoms with Gasteiger partial charge in [-0.25, -0.2) is 22.5 Å². The number of hydrogen-bond donors (Lipinski definition) is 0. The second-order valence-electron chi connectivity index (χ2n) is 17.0. The lowest BCUT2D eigenvalue weighted by atomic mass is 9.81. The average molecular weight is 1050 g/mol. The van der Waals surface area contributed by atoms with Crippen molar-refractivity contribution in [2.75, 3.05) is 48.9 Å². The highest BCUT2D eigenvalue weighted by molar-refractivity contribution is 7.90. The summed E-state index contributed by atoms with van der Waals surface area (Å²) in [5, 5.41) is 11.1. The standard InChI is InChI=1S/C21H23ClFNO5.C15H22ClNO2.C14H13NO7S/c1-2-3-6-9-28-19(25)12-29-18-11-17(16(23)10-15(18)22)24-20(26)13-7-4-5-8-14(13)21(24)27;1-5-13-8-6-7-11(2)15(13)17(14(18)9-16)12(3)10-19-4;1-23(21,22)8-5-6-9(10(7-8)15(19)20)14(18)13-11(16)3-2-4-12(13)17/h10-11H,2-9,12H2,1H3;6-8,12H,5,9-10H2,1-4H3;5-7,13H,2-4H2,1H3. The number of sulfone groups is 1. The van der Waals surface area contributed by atoms with Crippen LogP contribution in [0.25, 0.3) is 0 Å². The van der Waals surface area contributed by atoms with Crippen LogP contribution >= 0.6 is 23.2 Å². The van der Waals surface area contributed by atoms with E-state index in [1.165, 1.54) is 6.07 Å². The van der Waals surface area contributed by atoms with Crippen LogP contribution in [0, 0.1) is 28.8 Å². The van der Waals surface area contributed by atoms with E-state index in [0.29, 0.717) is 43.6 Å². The van der Waals surface area contributed by atoms with E-state index in [-0.39, 0.29) is 52.0 Å². The molecule has 3 aromatic rings. The van der Waals surface area contributed by atoms with Crippen LogP contribution in [-0.2, 0) is 54.5 Å². The Bertz CT molecular complexity index is 2650. The molecular formula is C50H58Cl2FN3O14S. The zero-order valence-corrected chi connectivity index (χ0v) is 42.8. The lowest BCUT2D eigenvalue weighted by Gasteiger charge is -2.31. The number of nitrogens with zero attached hydrogens (tertiary/aromatic N) is 3. The molecule has 1 unspecified atom stereocenters. The predicted octanol–water partition coefficient (Wildman–Crippen LogP) is 8.62. The minimum Gasteiger partial charge on any atom is -0.480 e. The number of para-hydroxylation sites is 1. The van der Waals surface area contributed by atoms with Crippen LogP contribution in [0.5, 0.6) is 5.75 Å². The van der Waals surface area contributed by atoms with Crippen molar-refractivity contribution in [1.29, 1.82) is 0 Å². The fourth-order valence-electron chi connectivity index (χ4n) is 8.25. The molecule has 1 atom stereocenters. The minimum atomic E-state index is -3.70. The molecule has 0 radical (unpaired) electrons. The lowest BCUT2D eigenvalue weighted by Crippen LogP contribution is -2.43. The van der Waals surface area contributed by atoms with Gasteiger partial charge >= 0.3 is 5.97 Å². The van der Waals surface area contributed by atoms with Crippen molar-refractivity contribution >= 4 is 91.1 Å². The van der Waals surface area contributed by atoms with Crippen LogP contribution in [0.15, 0.2) is 64.6 Å². The van der Waals surface area contributed by atoms with Crippen molar-refractivity contribution in [2.45, 2.75) is 109 Å². The first-order chi connectivity index (χ1) is 33.6. The van der Waals surface area contributed by atoms with Crippen molar-refractivity contribution in [2.24, 2.45) is 5.92 Å². The molecule has 0 bridgehead atoms. The van der Waals surface area contributed by atoms with Crippen LogP contribution in [0.3, 0.4) is 0 Å². The first kappa shape index (κ1) is 57.7. The number of carbonyl (C=O) groups is 7. The van der Waals surface area contributed by atoms with Gasteiger partial charge in [0, 0.05) is 49.5 Å². The zero-order valence-electron chi connectivity index (χ0n) is 40.5. The second kappa shape index (κ2) is 26.5. The molecule has 1 aliphatic heterocycles. The maximum absolute atomic E-state index is 14.5. The second-order valence-corrected chi connectivity index (χ2v) is 19.7. The fraction of sp³-hybridized carbons (Fsp3) is 0.460. The number of imide groups is 1. The molecule has 3 aliphatic rings. The molecule has 384 valence electrons. The molecule has 1 saturated carbocycles. The lowest BCUT2D eigenvalue weighted by molar-refractivity contribution is -0.385. The number of methoxy groups -OCH3 is 1. The number of hydrogen-bond acceptors (Lipinski definition) is 14. The Morgan fingerprint density at radius 2 is 1.58 bits per heavy atom. The maximum atomic E-state index is 14.5. The smallest absolute Gasteiger partial charge is 0.344 e. The highest BCUT2D eigenvalue weighted by Crippen LogP contribution is 2.40. The van der Waals surface area contributed by atoms with Gasteiger partial charge in [-0.3, -0.25) is 38.9 Å². The Kier molecular flexibility index (Phi) is 21.6. The highest BCUT2D eigenvalue weighted by atomic mass is 35.5. The van der Waals surface area contributed by atoms with Gasteiger partial charge in [0.05, 0.1) is 51.0 Å². The van der Waals surface area contributed by atoms with E-state index < -0.39 is 79.5 Å². The molecule has 0 spiro atoms. The number of benzene rings is 3. The monoisotopic (exact) mass is 1050 g/mol. The van der Waals surface area contributed by atoms with E-state index in [4.69, 9.17) is 37.4 Å². The third kappa shape index (κ3) is 14.6. The SMILES string of the molecule is CCCCCOC(=O)COc1cc(N2C(=O)C3=C(CCCC3)C2=O)c(F)cc1Cl.CCc1cccc(C)c1N(C(=O)CCl)C(C)COC.CS(=O)(=O)c1ccc(C(=O)C2C(=O)CCCC2=O)c([N+](=O)[O-])c1. The van der Waals surface area contributed by atoms with Gasteiger partial charge in [0.2, 0.25) is 5.91 Å². The molecule has 21 heteroatoms. The number of amides is 3. The van der Waals surface area contributed by atoms with Crippen LogP contribution in [0.2, 0.25) is 5.02 Å². The molecule has 6 rings (SSSR count). The topological polar surface area (TPSA) is 231 Å². The van der Waals surface area contributed by atoms with E-state index in [2.05, 4.69) is 13.0 Å². The first-order valence-corrected chi connectivity index (χ1v) is 25.8. The molecule has 17 nitrogen and oxygen atoms in total. The number of ketones is 3. The summed E-state index contributed by atoms with van der Waals surface area (Å²) in [4.78, 5) is 97.9. The van der Waals surface area contributed by atoms with Crippen molar-refractivity contribution in [3.63, 3.8) is 0 Å². The van der Waals surface area contributed by atoms with Gasteiger partial charge in [0.15, 0.2) is 33.8 Å². The van der Waals surface area contributed by atoms with Gasteiger partial charge in [-0.05, 0) is 88.1 Å². The molecule has 0 aromatic heterocycles. The Morgan fingerprint density at radius 1 is 0.944 bits per heavy atom. The normalized spacial score (nSPS) is 15.3. The Hall–Kier alpha value is -5.89. The number of alkyl halides is 1. The van der Waals surface area contributed by atoms with Crippen LogP contribution in [0.1, 0.15) is 106 Å². The van der Waals surface area contributed by atoms with E-state index in [1.807, 2.05) is 32.9 Å². The van der Waals surface area contributed by atoms with Gasteiger partial charge in [0.25, 0.3) is 17.5 Å². The Balaban J connectivity index is 0.000000237. The number of aryl methyl sites for hydroxylation is 2. The van der Waals surface area contributed by atoms with Crippen molar-refractivity contribution in [1.82, 2.24) is 0 Å². The third-order valence-electron chi connectivity index (χ3n) is 11.8.